The number of amides is 1. The Bertz CT molecular complexity index is 564. The Hall–Kier alpha value is -1.81. The van der Waals surface area contributed by atoms with Crippen LogP contribution in [0, 0.1) is 6.92 Å². The lowest BCUT2D eigenvalue weighted by Gasteiger charge is -2.18. The van der Waals surface area contributed by atoms with Crippen molar-refractivity contribution < 1.29 is 4.79 Å². The fourth-order valence-corrected chi connectivity index (χ4v) is 2.66. The minimum absolute atomic E-state index is 0.0501. The maximum absolute atomic E-state index is 12.3. The third-order valence-electron chi connectivity index (χ3n) is 3.10. The first-order valence-electron chi connectivity index (χ1n) is 6.22. The fourth-order valence-electron chi connectivity index (χ4n) is 1.97. The van der Waals surface area contributed by atoms with Gasteiger partial charge in [0.05, 0.1) is 0 Å². The number of rotatable bonds is 4. The lowest BCUT2D eigenvalue weighted by molar-refractivity contribution is 0.0796. The molecule has 0 radical (unpaired) electrons. The van der Waals surface area contributed by atoms with Crippen molar-refractivity contribution >= 4 is 22.9 Å². The fraction of sp³-hybridized carbons (Fsp3) is 0.267. The molecule has 2 aromatic rings. The largest absolute Gasteiger partial charge is 0.399 e. The number of carbonyl (C=O) groups excluding carboxylic acids is 1. The van der Waals surface area contributed by atoms with Crippen LogP contribution in [0.1, 0.15) is 20.8 Å². The lowest BCUT2D eigenvalue weighted by atomic mass is 10.1. The van der Waals surface area contributed by atoms with Gasteiger partial charge in [0.2, 0.25) is 0 Å². The Balaban J connectivity index is 2.02. The smallest absolute Gasteiger partial charge is 0.253 e. The van der Waals surface area contributed by atoms with E-state index >= 15 is 0 Å². The average Bonchev–Trinajstić information content (AvgIpc) is 2.88. The monoisotopic (exact) mass is 274 g/mol. The predicted molar refractivity (Wildman–Crippen MR) is 80.6 cm³/mol. The van der Waals surface area contributed by atoms with Crippen molar-refractivity contribution in [1.82, 2.24) is 4.90 Å². The van der Waals surface area contributed by atoms with Gasteiger partial charge in [-0.1, -0.05) is 6.07 Å². The first kappa shape index (κ1) is 13.6. The number of nitrogens with zero attached hydrogens (tertiary/aromatic N) is 1. The van der Waals surface area contributed by atoms with E-state index in [0.717, 1.165) is 24.1 Å². The molecule has 1 amide bonds. The summed E-state index contributed by atoms with van der Waals surface area (Å²) in [5.74, 6) is 0.0501. The third-order valence-corrected chi connectivity index (χ3v) is 4.04. The van der Waals surface area contributed by atoms with Crippen molar-refractivity contribution in [1.29, 1.82) is 0 Å². The van der Waals surface area contributed by atoms with Crippen molar-refractivity contribution in [3.63, 3.8) is 0 Å². The number of anilines is 1. The molecule has 1 aromatic carbocycles. The number of nitrogen functional groups attached to an aromatic ring is 1. The highest BCUT2D eigenvalue weighted by Gasteiger charge is 2.14. The van der Waals surface area contributed by atoms with Gasteiger partial charge in [0.15, 0.2) is 0 Å². The normalized spacial score (nSPS) is 10.4. The van der Waals surface area contributed by atoms with Gasteiger partial charge in [0, 0.05) is 29.7 Å². The number of carbonyl (C=O) groups is 1. The summed E-state index contributed by atoms with van der Waals surface area (Å²) in [5, 5.41) is 2.06. The van der Waals surface area contributed by atoms with Crippen LogP contribution in [0.25, 0.3) is 0 Å². The Morgan fingerprint density at radius 3 is 2.79 bits per heavy atom. The topological polar surface area (TPSA) is 46.3 Å². The van der Waals surface area contributed by atoms with Gasteiger partial charge in [-0.15, -0.1) is 11.3 Å². The number of thiophene rings is 1. The van der Waals surface area contributed by atoms with Crippen molar-refractivity contribution in [3.05, 3.63) is 51.7 Å². The molecular weight excluding hydrogens is 256 g/mol. The highest BCUT2D eigenvalue weighted by molar-refractivity contribution is 7.09. The minimum Gasteiger partial charge on any atom is -0.399 e. The summed E-state index contributed by atoms with van der Waals surface area (Å²) in [6.45, 7) is 2.64. The molecule has 2 rings (SSSR count). The van der Waals surface area contributed by atoms with E-state index in [1.807, 2.05) is 26.1 Å². The van der Waals surface area contributed by atoms with Crippen molar-refractivity contribution in [2.24, 2.45) is 0 Å². The SMILES string of the molecule is Cc1cc(N)ccc1C(=O)N(C)CCc1cccs1. The molecule has 0 atom stereocenters. The second-order valence-electron chi connectivity index (χ2n) is 4.63. The van der Waals surface area contributed by atoms with E-state index in [1.165, 1.54) is 4.88 Å². The molecule has 0 spiro atoms. The van der Waals surface area contributed by atoms with E-state index in [2.05, 4.69) is 11.4 Å². The molecule has 0 bridgehead atoms. The van der Waals surface area contributed by atoms with Crippen LogP contribution in [0.5, 0.6) is 0 Å². The Labute approximate surface area is 117 Å². The molecule has 0 aliphatic heterocycles. The summed E-state index contributed by atoms with van der Waals surface area (Å²) in [4.78, 5) is 15.4. The summed E-state index contributed by atoms with van der Waals surface area (Å²) < 4.78 is 0. The third kappa shape index (κ3) is 3.35. The van der Waals surface area contributed by atoms with Gasteiger partial charge in [-0.3, -0.25) is 4.79 Å². The van der Waals surface area contributed by atoms with Crippen molar-refractivity contribution in [3.8, 4) is 0 Å². The summed E-state index contributed by atoms with van der Waals surface area (Å²) in [6, 6.07) is 9.53. The molecule has 2 N–H and O–H groups in total. The molecular formula is C15H18N2OS. The van der Waals surface area contributed by atoms with Gasteiger partial charge in [-0.25, -0.2) is 0 Å². The van der Waals surface area contributed by atoms with E-state index in [9.17, 15) is 4.79 Å². The maximum atomic E-state index is 12.3. The van der Waals surface area contributed by atoms with Crippen molar-refractivity contribution in [2.45, 2.75) is 13.3 Å². The first-order valence-corrected chi connectivity index (χ1v) is 7.10. The van der Waals surface area contributed by atoms with Gasteiger partial charge in [0.1, 0.15) is 0 Å². The number of nitrogens with two attached hydrogens (primary N) is 1. The van der Waals surface area contributed by atoms with Gasteiger partial charge in [0.25, 0.3) is 5.91 Å². The number of aryl methyl sites for hydroxylation is 1. The lowest BCUT2D eigenvalue weighted by Crippen LogP contribution is -2.29. The molecule has 19 heavy (non-hydrogen) atoms. The molecule has 0 saturated carbocycles. The molecule has 0 aliphatic carbocycles. The molecule has 0 aliphatic rings. The predicted octanol–water partition coefficient (Wildman–Crippen LogP) is 2.95. The number of benzene rings is 1. The number of hydrogen-bond acceptors (Lipinski definition) is 3. The molecule has 3 nitrogen and oxygen atoms in total. The zero-order valence-corrected chi connectivity index (χ0v) is 12.0. The van der Waals surface area contributed by atoms with Crippen LogP contribution in [-0.2, 0) is 6.42 Å². The van der Waals surface area contributed by atoms with Gasteiger partial charge < -0.3 is 10.6 Å². The van der Waals surface area contributed by atoms with Crippen LogP contribution in [0.15, 0.2) is 35.7 Å². The summed E-state index contributed by atoms with van der Waals surface area (Å²) in [5.41, 5.74) is 8.04. The first-order chi connectivity index (χ1) is 9.08. The minimum atomic E-state index is 0.0501. The molecule has 1 heterocycles. The zero-order chi connectivity index (χ0) is 13.8. The highest BCUT2D eigenvalue weighted by Crippen LogP contribution is 2.15. The quantitative estimate of drug-likeness (QED) is 0.871. The second kappa shape index (κ2) is 5.89. The van der Waals surface area contributed by atoms with Crippen molar-refractivity contribution in [2.75, 3.05) is 19.3 Å². The van der Waals surface area contributed by atoms with Gasteiger partial charge in [-0.05, 0) is 48.6 Å². The van der Waals surface area contributed by atoms with Crippen LogP contribution in [0.4, 0.5) is 5.69 Å². The molecule has 1 aromatic heterocycles. The Morgan fingerprint density at radius 2 is 2.16 bits per heavy atom. The number of hydrogen-bond donors (Lipinski definition) is 1. The molecule has 0 fully saturated rings. The van der Waals surface area contributed by atoms with E-state index < -0.39 is 0 Å². The van der Waals surface area contributed by atoms with Crippen LogP contribution in [0.2, 0.25) is 0 Å². The average molecular weight is 274 g/mol. The Morgan fingerprint density at radius 1 is 1.37 bits per heavy atom. The molecule has 100 valence electrons. The van der Waals surface area contributed by atoms with Crippen LogP contribution < -0.4 is 5.73 Å². The molecule has 0 saturated heterocycles. The van der Waals surface area contributed by atoms with Crippen LogP contribution >= 0.6 is 11.3 Å². The maximum Gasteiger partial charge on any atom is 0.253 e. The van der Waals surface area contributed by atoms with E-state index in [-0.39, 0.29) is 5.91 Å². The van der Waals surface area contributed by atoms with Gasteiger partial charge >= 0.3 is 0 Å². The summed E-state index contributed by atoms with van der Waals surface area (Å²) in [6.07, 6.45) is 0.897. The molecule has 0 unspecified atom stereocenters. The Kier molecular flexibility index (Phi) is 4.22. The van der Waals surface area contributed by atoms with E-state index in [4.69, 9.17) is 5.73 Å². The van der Waals surface area contributed by atoms with Crippen LogP contribution in [-0.4, -0.2) is 24.4 Å². The van der Waals surface area contributed by atoms with E-state index in [0.29, 0.717) is 5.69 Å². The second-order valence-corrected chi connectivity index (χ2v) is 5.66. The zero-order valence-electron chi connectivity index (χ0n) is 11.2. The summed E-state index contributed by atoms with van der Waals surface area (Å²) in [7, 11) is 1.84. The van der Waals surface area contributed by atoms with E-state index in [1.54, 1.807) is 28.4 Å². The standard InChI is InChI=1S/C15H18N2OS/c1-11-10-12(16)5-6-14(11)15(18)17(2)8-7-13-4-3-9-19-13/h3-6,9-10H,7-8,16H2,1-2H3. The highest BCUT2D eigenvalue weighted by atomic mass is 32.1. The van der Waals surface area contributed by atoms with Gasteiger partial charge in [-0.2, -0.15) is 0 Å². The molecule has 4 heteroatoms. The number of likely N-dealkylation sites (N-methyl/N-ethyl adjacent to an activating group) is 1. The summed E-state index contributed by atoms with van der Waals surface area (Å²) >= 11 is 1.72. The van der Waals surface area contributed by atoms with Crippen LogP contribution in [0.3, 0.4) is 0 Å².